The van der Waals surface area contributed by atoms with E-state index in [0.29, 0.717) is 4.90 Å². The lowest BCUT2D eigenvalue weighted by Gasteiger charge is -2.29. The SMILES string of the molecule is COc1ccc(-c2cc(C(F)(F)F)c3c(N)ncnn23)cc1C(=O)N[C@@H]1CN(C(=O)C(C)(O)C(F)(F)F)C[C@@H]1F. The number of alkyl halides is 7. The van der Waals surface area contributed by atoms with Gasteiger partial charge in [0.25, 0.3) is 11.8 Å². The molecule has 1 aromatic carbocycles. The van der Waals surface area contributed by atoms with Gasteiger partial charge < -0.3 is 25.8 Å². The fourth-order valence-corrected chi connectivity index (χ4v) is 4.28. The summed E-state index contributed by atoms with van der Waals surface area (Å²) in [6.45, 7) is -1.28. The molecule has 0 saturated carbocycles. The zero-order valence-corrected chi connectivity index (χ0v) is 20.6. The highest BCUT2D eigenvalue weighted by Crippen LogP contribution is 2.39. The first-order chi connectivity index (χ1) is 18.5. The van der Waals surface area contributed by atoms with Crippen LogP contribution in [0, 0.1) is 0 Å². The molecule has 0 spiro atoms. The molecule has 10 nitrogen and oxygen atoms in total. The Hall–Kier alpha value is -4.15. The number of aliphatic hydroxyl groups is 1. The number of fused-ring (bicyclic) bond motifs is 1. The Morgan fingerprint density at radius 2 is 1.82 bits per heavy atom. The van der Waals surface area contributed by atoms with Gasteiger partial charge >= 0.3 is 12.4 Å². The Balaban J connectivity index is 1.65. The first-order valence-corrected chi connectivity index (χ1v) is 11.4. The number of carbonyl (C=O) groups is 2. The fourth-order valence-electron chi connectivity index (χ4n) is 4.28. The lowest BCUT2D eigenvalue weighted by Crippen LogP contribution is -2.56. The molecule has 4 N–H and O–H groups in total. The molecule has 2 aromatic heterocycles. The maximum atomic E-state index is 14.7. The number of benzene rings is 1. The first-order valence-electron chi connectivity index (χ1n) is 11.4. The van der Waals surface area contributed by atoms with Crippen LogP contribution >= 0.6 is 0 Å². The summed E-state index contributed by atoms with van der Waals surface area (Å²) in [6.07, 6.45) is -11.2. The molecule has 1 saturated heterocycles. The minimum absolute atomic E-state index is 0.0517. The summed E-state index contributed by atoms with van der Waals surface area (Å²) in [5.74, 6) is -3.29. The lowest BCUT2D eigenvalue weighted by atomic mass is 10.0. The second-order valence-electron chi connectivity index (χ2n) is 9.14. The number of aromatic nitrogens is 3. The lowest BCUT2D eigenvalue weighted by molar-refractivity contribution is -0.249. The van der Waals surface area contributed by atoms with Gasteiger partial charge in [0, 0.05) is 12.1 Å². The van der Waals surface area contributed by atoms with E-state index in [0.717, 1.165) is 23.0 Å². The average Bonchev–Trinajstić information content (AvgIpc) is 3.44. The number of rotatable bonds is 5. The van der Waals surface area contributed by atoms with Crippen molar-refractivity contribution in [1.82, 2.24) is 24.8 Å². The highest BCUT2D eigenvalue weighted by atomic mass is 19.4. The molecule has 0 radical (unpaired) electrons. The molecule has 40 heavy (non-hydrogen) atoms. The summed E-state index contributed by atoms with van der Waals surface area (Å²) < 4.78 is 101. The van der Waals surface area contributed by atoms with Crippen molar-refractivity contribution >= 4 is 23.1 Å². The third-order valence-corrected chi connectivity index (χ3v) is 6.45. The minimum atomic E-state index is -5.32. The highest BCUT2D eigenvalue weighted by molar-refractivity contribution is 5.98. The third-order valence-electron chi connectivity index (χ3n) is 6.45. The van der Waals surface area contributed by atoms with Crippen LogP contribution in [-0.4, -0.2) is 80.6 Å². The molecule has 0 bridgehead atoms. The van der Waals surface area contributed by atoms with Crippen LogP contribution in [0.25, 0.3) is 16.8 Å². The Bertz CT molecular complexity index is 1470. The number of nitrogen functional groups attached to an aromatic ring is 1. The zero-order chi connectivity index (χ0) is 29.8. The number of hydrogen-bond donors (Lipinski definition) is 3. The summed E-state index contributed by atoms with van der Waals surface area (Å²) in [5, 5.41) is 15.7. The number of nitrogens with two attached hydrogens (primary N) is 1. The summed E-state index contributed by atoms with van der Waals surface area (Å²) >= 11 is 0. The number of likely N-dealkylation sites (tertiary alicyclic amines) is 1. The number of nitrogens with zero attached hydrogens (tertiary/aromatic N) is 4. The number of methoxy groups -OCH3 is 1. The smallest absolute Gasteiger partial charge is 0.426 e. The van der Waals surface area contributed by atoms with Gasteiger partial charge in [0.2, 0.25) is 5.60 Å². The fraction of sp³-hybridized carbons (Fsp3) is 0.391. The highest BCUT2D eigenvalue weighted by Gasteiger charge is 2.58. The van der Waals surface area contributed by atoms with E-state index in [1.807, 2.05) is 0 Å². The standard InChI is InChI=1S/C23H21F7N6O4/c1-21(39,23(28,29)30)20(38)35-7-13(24)14(8-35)34-19(37)11-5-10(3-4-16(11)40-2)15-6-12(22(25,26)27)17-18(31)32-9-33-36(15)17/h3-6,9,13-14,39H,7-8H2,1-2H3,(H,34,37)(H2,31,32,33)/t13-,14+,21?/m0/s1. The van der Waals surface area contributed by atoms with Crippen LogP contribution in [0.15, 0.2) is 30.6 Å². The number of ether oxygens (including phenoxy) is 1. The van der Waals surface area contributed by atoms with E-state index in [9.17, 15) is 45.4 Å². The summed E-state index contributed by atoms with van der Waals surface area (Å²) in [7, 11) is 1.20. The van der Waals surface area contributed by atoms with E-state index >= 15 is 0 Å². The van der Waals surface area contributed by atoms with E-state index in [4.69, 9.17) is 10.5 Å². The maximum Gasteiger partial charge on any atom is 0.426 e. The third kappa shape index (κ3) is 4.96. The van der Waals surface area contributed by atoms with Crippen LogP contribution in [-0.2, 0) is 11.0 Å². The van der Waals surface area contributed by atoms with Gasteiger partial charge in [-0.25, -0.2) is 13.9 Å². The number of amides is 2. The van der Waals surface area contributed by atoms with Crippen molar-refractivity contribution in [3.63, 3.8) is 0 Å². The van der Waals surface area contributed by atoms with Gasteiger partial charge in [-0.3, -0.25) is 9.59 Å². The average molecular weight is 578 g/mol. The first kappa shape index (κ1) is 28.8. The largest absolute Gasteiger partial charge is 0.496 e. The molecule has 1 fully saturated rings. The molecular formula is C23H21F7N6O4. The van der Waals surface area contributed by atoms with Gasteiger partial charge in [0.15, 0.2) is 5.82 Å². The van der Waals surface area contributed by atoms with Crippen molar-refractivity contribution in [3.05, 3.63) is 41.7 Å². The van der Waals surface area contributed by atoms with Crippen molar-refractivity contribution < 1.29 is 50.2 Å². The van der Waals surface area contributed by atoms with Crippen LogP contribution in [0.4, 0.5) is 36.6 Å². The van der Waals surface area contributed by atoms with Crippen LogP contribution in [0.5, 0.6) is 5.75 Å². The van der Waals surface area contributed by atoms with Crippen LogP contribution in [0.3, 0.4) is 0 Å². The zero-order valence-electron chi connectivity index (χ0n) is 20.6. The van der Waals surface area contributed by atoms with Crippen molar-refractivity contribution in [2.45, 2.75) is 37.1 Å². The van der Waals surface area contributed by atoms with E-state index in [-0.39, 0.29) is 29.5 Å². The van der Waals surface area contributed by atoms with Crippen LogP contribution in [0.1, 0.15) is 22.8 Å². The van der Waals surface area contributed by atoms with Crippen molar-refractivity contribution in [2.24, 2.45) is 0 Å². The predicted molar refractivity (Wildman–Crippen MR) is 124 cm³/mol. The second kappa shape index (κ2) is 9.79. The van der Waals surface area contributed by atoms with Gasteiger partial charge in [-0.15, -0.1) is 0 Å². The van der Waals surface area contributed by atoms with Crippen LogP contribution < -0.4 is 15.8 Å². The Morgan fingerprint density at radius 1 is 1.15 bits per heavy atom. The molecule has 3 atom stereocenters. The molecule has 1 aliphatic heterocycles. The second-order valence-corrected chi connectivity index (χ2v) is 9.14. The maximum absolute atomic E-state index is 14.7. The number of halogens is 7. The van der Waals surface area contributed by atoms with Crippen molar-refractivity contribution in [2.75, 3.05) is 25.9 Å². The van der Waals surface area contributed by atoms with E-state index in [2.05, 4.69) is 15.4 Å². The topological polar surface area (TPSA) is 135 Å². The Labute approximate surface area is 220 Å². The molecule has 1 aliphatic rings. The van der Waals surface area contributed by atoms with Crippen molar-refractivity contribution in [3.8, 4) is 17.0 Å². The van der Waals surface area contributed by atoms with Gasteiger partial charge in [-0.05, 0) is 31.2 Å². The molecule has 4 rings (SSSR count). The quantitative estimate of drug-likeness (QED) is 0.396. The monoisotopic (exact) mass is 578 g/mol. The molecule has 3 aromatic rings. The molecule has 216 valence electrons. The Kier molecular flexibility index (Phi) is 7.06. The van der Waals surface area contributed by atoms with Crippen LogP contribution in [0.2, 0.25) is 0 Å². The molecule has 1 unspecified atom stereocenters. The van der Waals surface area contributed by atoms with Crippen molar-refractivity contribution in [1.29, 1.82) is 0 Å². The van der Waals surface area contributed by atoms with Gasteiger partial charge in [0.05, 0.1) is 36.5 Å². The predicted octanol–water partition coefficient (Wildman–Crippen LogP) is 2.60. The molecule has 0 aliphatic carbocycles. The number of nitrogens with one attached hydrogen (secondary N) is 1. The summed E-state index contributed by atoms with van der Waals surface area (Å²) in [4.78, 5) is 29.4. The van der Waals surface area contributed by atoms with E-state index in [1.54, 1.807) is 0 Å². The molecule has 3 heterocycles. The Morgan fingerprint density at radius 3 is 2.42 bits per heavy atom. The molecule has 2 amide bonds. The van der Waals surface area contributed by atoms with E-state index < -0.39 is 72.0 Å². The molecular weight excluding hydrogens is 557 g/mol. The number of hydrogen-bond acceptors (Lipinski definition) is 7. The van der Waals surface area contributed by atoms with Gasteiger partial charge in [-0.2, -0.15) is 31.4 Å². The summed E-state index contributed by atoms with van der Waals surface area (Å²) in [6, 6.07) is 3.04. The van der Waals surface area contributed by atoms with E-state index in [1.165, 1.54) is 19.2 Å². The van der Waals surface area contributed by atoms with Gasteiger partial charge in [0.1, 0.15) is 23.8 Å². The summed E-state index contributed by atoms with van der Waals surface area (Å²) in [5.41, 5.74) is -0.0908. The molecule has 17 heteroatoms. The number of anilines is 1. The number of carbonyl (C=O) groups excluding carboxylic acids is 2. The minimum Gasteiger partial charge on any atom is -0.496 e. The van der Waals surface area contributed by atoms with Gasteiger partial charge in [-0.1, -0.05) is 0 Å². The normalized spacial score (nSPS) is 19.5.